The minimum Gasteiger partial charge on any atom is -0.394 e. The van der Waals surface area contributed by atoms with E-state index in [2.05, 4.69) is 26.3 Å². The third kappa shape index (κ3) is 3.11. The standard InChI is InChI=1S/C22H21N5O3/c28-11-20(26-21(29)13-5-6-17-18(9-13)24-12-23-17)22(30)27-8-7-15-14-3-1-2-4-16(14)25-19(15)10-27/h1-6,9,12,20,25,28H,7-8,10-11H2,(H,23,24)(H,26,29). The van der Waals surface area contributed by atoms with Crippen LogP contribution in [0.1, 0.15) is 21.6 Å². The van der Waals surface area contributed by atoms with Gasteiger partial charge in [0, 0.05) is 28.7 Å². The van der Waals surface area contributed by atoms with Crippen molar-refractivity contribution in [3.8, 4) is 0 Å². The summed E-state index contributed by atoms with van der Waals surface area (Å²) in [6, 6.07) is 12.1. The van der Waals surface area contributed by atoms with Crippen LogP contribution in [0.4, 0.5) is 0 Å². The summed E-state index contributed by atoms with van der Waals surface area (Å²) in [5.74, 6) is -0.708. The molecule has 1 aliphatic heterocycles. The first-order chi connectivity index (χ1) is 14.6. The molecule has 0 fully saturated rings. The molecule has 0 bridgehead atoms. The molecule has 0 radical (unpaired) electrons. The van der Waals surface area contributed by atoms with E-state index in [-0.39, 0.29) is 5.91 Å². The van der Waals surface area contributed by atoms with Crippen LogP contribution in [0.25, 0.3) is 21.9 Å². The number of fused-ring (bicyclic) bond motifs is 4. The van der Waals surface area contributed by atoms with E-state index in [0.29, 0.717) is 18.7 Å². The fourth-order valence-electron chi connectivity index (χ4n) is 4.11. The predicted octanol–water partition coefficient (Wildman–Crippen LogP) is 1.72. The highest BCUT2D eigenvalue weighted by Gasteiger charge is 2.29. The van der Waals surface area contributed by atoms with Crippen LogP contribution in [-0.2, 0) is 17.8 Å². The van der Waals surface area contributed by atoms with E-state index >= 15 is 0 Å². The van der Waals surface area contributed by atoms with Gasteiger partial charge < -0.3 is 25.3 Å². The van der Waals surface area contributed by atoms with Gasteiger partial charge in [-0.2, -0.15) is 0 Å². The minimum atomic E-state index is -0.999. The average molecular weight is 403 g/mol. The molecule has 0 spiro atoms. The number of carbonyl (C=O) groups excluding carboxylic acids is 2. The van der Waals surface area contributed by atoms with Crippen molar-refractivity contribution in [3.63, 3.8) is 0 Å². The van der Waals surface area contributed by atoms with Crippen LogP contribution in [-0.4, -0.2) is 56.0 Å². The molecule has 0 saturated carbocycles. The molecule has 2 amide bonds. The van der Waals surface area contributed by atoms with Crippen LogP contribution in [0.15, 0.2) is 48.8 Å². The number of aliphatic hydroxyl groups excluding tert-OH is 1. The number of benzene rings is 2. The number of imidazole rings is 1. The fourth-order valence-corrected chi connectivity index (χ4v) is 4.11. The molecule has 5 rings (SSSR count). The molecule has 1 atom stereocenters. The Bertz CT molecular complexity index is 1260. The summed E-state index contributed by atoms with van der Waals surface area (Å²) in [5, 5.41) is 13.6. The lowest BCUT2D eigenvalue weighted by Crippen LogP contribution is -2.51. The number of H-pyrrole nitrogens is 2. The van der Waals surface area contributed by atoms with Crippen molar-refractivity contribution in [1.29, 1.82) is 0 Å². The summed E-state index contributed by atoms with van der Waals surface area (Å²) in [5.41, 5.74) is 5.17. The molecule has 4 aromatic rings. The van der Waals surface area contributed by atoms with Crippen LogP contribution in [0.2, 0.25) is 0 Å². The lowest BCUT2D eigenvalue weighted by atomic mass is 10.0. The van der Waals surface area contributed by atoms with Gasteiger partial charge in [0.2, 0.25) is 5.91 Å². The third-order valence-electron chi connectivity index (χ3n) is 5.66. The first kappa shape index (κ1) is 18.4. The number of aromatic nitrogens is 3. The summed E-state index contributed by atoms with van der Waals surface area (Å²) in [6.07, 6.45) is 2.29. The maximum Gasteiger partial charge on any atom is 0.252 e. The maximum atomic E-state index is 13.0. The number of nitrogens with zero attached hydrogens (tertiary/aromatic N) is 2. The molecule has 1 unspecified atom stereocenters. The number of amides is 2. The van der Waals surface area contributed by atoms with Gasteiger partial charge in [0.05, 0.1) is 30.5 Å². The highest BCUT2D eigenvalue weighted by molar-refractivity contribution is 6.00. The smallest absolute Gasteiger partial charge is 0.252 e. The Kier molecular flexibility index (Phi) is 4.48. The Hall–Kier alpha value is -3.65. The van der Waals surface area contributed by atoms with Gasteiger partial charge >= 0.3 is 0 Å². The minimum absolute atomic E-state index is 0.294. The maximum absolute atomic E-state index is 13.0. The molecule has 4 N–H and O–H groups in total. The molecular formula is C22H21N5O3. The Morgan fingerprint density at radius 2 is 2.07 bits per heavy atom. The number of hydrogen-bond acceptors (Lipinski definition) is 4. The average Bonchev–Trinajstić information content (AvgIpc) is 3.39. The summed E-state index contributed by atoms with van der Waals surface area (Å²) in [4.78, 5) is 37.8. The van der Waals surface area contributed by atoms with Gasteiger partial charge in [-0.3, -0.25) is 9.59 Å². The quantitative estimate of drug-likeness (QED) is 0.415. The Morgan fingerprint density at radius 1 is 1.20 bits per heavy atom. The van der Waals surface area contributed by atoms with E-state index in [1.807, 2.05) is 18.2 Å². The first-order valence-corrected chi connectivity index (χ1v) is 9.86. The number of nitrogens with one attached hydrogen (secondary N) is 3. The van der Waals surface area contributed by atoms with Crippen LogP contribution in [0.3, 0.4) is 0 Å². The Labute approximate surface area is 171 Å². The van der Waals surface area contributed by atoms with Crippen molar-refractivity contribution >= 4 is 33.8 Å². The zero-order chi connectivity index (χ0) is 20.7. The van der Waals surface area contributed by atoms with Crippen molar-refractivity contribution in [2.45, 2.75) is 19.0 Å². The van der Waals surface area contributed by atoms with E-state index < -0.39 is 18.6 Å². The van der Waals surface area contributed by atoms with E-state index in [1.165, 1.54) is 10.9 Å². The fraction of sp³-hybridized carbons (Fsp3) is 0.227. The number of hydrogen-bond donors (Lipinski definition) is 4. The molecule has 0 saturated heterocycles. The van der Waals surface area contributed by atoms with Crippen LogP contribution >= 0.6 is 0 Å². The lowest BCUT2D eigenvalue weighted by Gasteiger charge is -2.30. The van der Waals surface area contributed by atoms with Gasteiger partial charge in [-0.15, -0.1) is 0 Å². The van der Waals surface area contributed by atoms with Crippen molar-refractivity contribution in [1.82, 2.24) is 25.2 Å². The topological polar surface area (TPSA) is 114 Å². The largest absolute Gasteiger partial charge is 0.394 e. The SMILES string of the molecule is O=C(NC(CO)C(=O)N1CCc2c([nH]c3ccccc23)C1)c1ccc2nc[nH]c2c1. The van der Waals surface area contributed by atoms with Gasteiger partial charge in [0.1, 0.15) is 6.04 Å². The summed E-state index contributed by atoms with van der Waals surface area (Å²) in [7, 11) is 0. The zero-order valence-electron chi connectivity index (χ0n) is 16.2. The second-order valence-electron chi connectivity index (χ2n) is 7.48. The van der Waals surface area contributed by atoms with Crippen LogP contribution < -0.4 is 5.32 Å². The lowest BCUT2D eigenvalue weighted by molar-refractivity contribution is -0.135. The molecule has 152 valence electrons. The van der Waals surface area contributed by atoms with Gasteiger partial charge in [0.15, 0.2) is 0 Å². The van der Waals surface area contributed by atoms with Gasteiger partial charge in [-0.1, -0.05) is 18.2 Å². The van der Waals surface area contributed by atoms with Crippen molar-refractivity contribution in [3.05, 3.63) is 65.6 Å². The van der Waals surface area contributed by atoms with Crippen molar-refractivity contribution in [2.24, 2.45) is 0 Å². The van der Waals surface area contributed by atoms with E-state index in [0.717, 1.165) is 28.7 Å². The molecule has 2 aromatic heterocycles. The second kappa shape index (κ2) is 7.31. The molecule has 1 aliphatic rings. The van der Waals surface area contributed by atoms with E-state index in [9.17, 15) is 14.7 Å². The summed E-state index contributed by atoms with van der Waals surface area (Å²) < 4.78 is 0. The van der Waals surface area contributed by atoms with Gasteiger partial charge in [-0.05, 0) is 36.2 Å². The Morgan fingerprint density at radius 3 is 2.93 bits per heavy atom. The third-order valence-corrected chi connectivity index (χ3v) is 5.66. The molecule has 0 aliphatic carbocycles. The van der Waals surface area contributed by atoms with Gasteiger partial charge in [0.25, 0.3) is 5.91 Å². The number of aliphatic hydroxyl groups is 1. The Balaban J connectivity index is 1.32. The van der Waals surface area contributed by atoms with E-state index in [1.54, 1.807) is 29.4 Å². The van der Waals surface area contributed by atoms with Crippen molar-refractivity contribution in [2.75, 3.05) is 13.2 Å². The normalized spacial score (nSPS) is 14.6. The monoisotopic (exact) mass is 403 g/mol. The summed E-state index contributed by atoms with van der Waals surface area (Å²) >= 11 is 0. The molecule has 2 aromatic carbocycles. The predicted molar refractivity (Wildman–Crippen MR) is 112 cm³/mol. The van der Waals surface area contributed by atoms with Crippen molar-refractivity contribution < 1.29 is 14.7 Å². The summed E-state index contributed by atoms with van der Waals surface area (Å²) in [6.45, 7) is 0.502. The number of aromatic amines is 2. The first-order valence-electron chi connectivity index (χ1n) is 9.86. The second-order valence-corrected chi connectivity index (χ2v) is 7.48. The molecular weight excluding hydrogens is 382 g/mol. The van der Waals surface area contributed by atoms with Gasteiger partial charge in [-0.25, -0.2) is 4.98 Å². The number of carbonyl (C=O) groups is 2. The highest BCUT2D eigenvalue weighted by atomic mass is 16.3. The van der Waals surface area contributed by atoms with Crippen LogP contribution in [0.5, 0.6) is 0 Å². The highest BCUT2D eigenvalue weighted by Crippen LogP contribution is 2.27. The molecule has 8 heteroatoms. The molecule has 8 nitrogen and oxygen atoms in total. The van der Waals surface area contributed by atoms with E-state index in [4.69, 9.17) is 0 Å². The van der Waals surface area contributed by atoms with Crippen LogP contribution in [0, 0.1) is 0 Å². The number of rotatable bonds is 4. The zero-order valence-corrected chi connectivity index (χ0v) is 16.2. The number of para-hydroxylation sites is 1. The molecule has 3 heterocycles. The molecule has 30 heavy (non-hydrogen) atoms.